The van der Waals surface area contributed by atoms with Crippen LogP contribution in [0.4, 0.5) is 0 Å². The highest BCUT2D eigenvalue weighted by Gasteiger charge is 2.68. The Balaban J connectivity index is 1.65. The molecule has 0 amide bonds. The summed E-state index contributed by atoms with van der Waals surface area (Å²) in [4.78, 5) is 4.96. The molecule has 4 aliphatic rings. The van der Waals surface area contributed by atoms with E-state index in [0.717, 1.165) is 30.1 Å². The normalized spacial score (nSPS) is 35.1. The summed E-state index contributed by atoms with van der Waals surface area (Å²) in [5.74, 6) is 1.71. The highest BCUT2D eigenvalue weighted by atomic mass is 16.5. The summed E-state index contributed by atoms with van der Waals surface area (Å²) in [7, 11) is 0. The van der Waals surface area contributed by atoms with Crippen molar-refractivity contribution in [1.29, 1.82) is 0 Å². The molecule has 1 aliphatic carbocycles. The van der Waals surface area contributed by atoms with Crippen LogP contribution in [0.2, 0.25) is 0 Å². The van der Waals surface area contributed by atoms with Crippen molar-refractivity contribution in [3.8, 4) is 5.75 Å². The number of nitrogens with two attached hydrogens (primary N) is 1. The van der Waals surface area contributed by atoms with Gasteiger partial charge in [0, 0.05) is 12.2 Å². The summed E-state index contributed by atoms with van der Waals surface area (Å²) >= 11 is 0. The van der Waals surface area contributed by atoms with Gasteiger partial charge in [0.1, 0.15) is 23.5 Å². The largest absolute Gasteiger partial charge is 0.487 e. The number of ether oxygens (including phenoxy) is 3. The molecule has 2 N–H and O–H groups in total. The topological polar surface area (TPSA) is 66.1 Å². The lowest BCUT2D eigenvalue weighted by Crippen LogP contribution is -2.63. The van der Waals surface area contributed by atoms with Gasteiger partial charge in [-0.15, -0.1) is 0 Å². The minimum Gasteiger partial charge on any atom is -0.487 e. The Kier molecular flexibility index (Phi) is 4.25. The van der Waals surface area contributed by atoms with Crippen LogP contribution >= 0.6 is 0 Å². The van der Waals surface area contributed by atoms with Crippen LogP contribution in [0.15, 0.2) is 29.3 Å². The Hall–Kier alpha value is -2.01. The Morgan fingerprint density at radius 1 is 1.24 bits per heavy atom. The van der Waals surface area contributed by atoms with Gasteiger partial charge in [-0.3, -0.25) is 0 Å². The van der Waals surface area contributed by atoms with E-state index in [9.17, 15) is 0 Å². The summed E-state index contributed by atoms with van der Waals surface area (Å²) in [5, 5.41) is 0. The molecule has 1 aromatic carbocycles. The average Bonchev–Trinajstić information content (AvgIpc) is 3.36. The fourth-order valence-corrected chi connectivity index (χ4v) is 5.97. The monoisotopic (exact) mass is 396 g/mol. The quantitative estimate of drug-likeness (QED) is 0.805. The maximum absolute atomic E-state index is 6.59. The van der Waals surface area contributed by atoms with Gasteiger partial charge < -0.3 is 19.9 Å². The summed E-state index contributed by atoms with van der Waals surface area (Å²) in [6.45, 7) is 8.35. The van der Waals surface area contributed by atoms with Crippen LogP contribution in [0, 0.1) is 11.3 Å². The lowest BCUT2D eigenvalue weighted by Gasteiger charge is -2.55. The van der Waals surface area contributed by atoms with Crippen molar-refractivity contribution in [2.75, 3.05) is 19.8 Å². The van der Waals surface area contributed by atoms with Crippen molar-refractivity contribution in [3.63, 3.8) is 0 Å². The Morgan fingerprint density at radius 2 is 2.10 bits per heavy atom. The predicted octanol–water partition coefficient (Wildman–Crippen LogP) is 4.40. The van der Waals surface area contributed by atoms with Gasteiger partial charge in [-0.1, -0.05) is 25.5 Å². The second-order valence-corrected chi connectivity index (χ2v) is 9.59. The van der Waals surface area contributed by atoms with E-state index in [0.29, 0.717) is 19.8 Å². The molecule has 0 bridgehead atoms. The zero-order valence-corrected chi connectivity index (χ0v) is 17.8. The molecule has 29 heavy (non-hydrogen) atoms. The standard InChI is InChI=1S/C24H32N2O3/c1-4-16-5-7-17(8-6-16)18-9-10-20-19(13-18)24(15-28-21(25)26-24)23(11-12-27-14-23)22(2,3)29-20/h7,9-10,13,16H,4-6,8,11-12,14-15H2,1-3H3,(H2,25,26). The van der Waals surface area contributed by atoms with E-state index in [1.165, 1.54) is 30.4 Å². The van der Waals surface area contributed by atoms with E-state index in [2.05, 4.69) is 45.0 Å². The third-order valence-corrected chi connectivity index (χ3v) is 7.95. The number of hydrogen-bond acceptors (Lipinski definition) is 5. The molecular weight excluding hydrogens is 364 g/mol. The number of rotatable bonds is 2. The minimum atomic E-state index is -0.568. The fraction of sp³-hybridized carbons (Fsp3) is 0.625. The maximum Gasteiger partial charge on any atom is 0.283 e. The third-order valence-electron chi connectivity index (χ3n) is 7.95. The van der Waals surface area contributed by atoms with E-state index >= 15 is 0 Å². The van der Waals surface area contributed by atoms with Crippen LogP contribution in [0.3, 0.4) is 0 Å². The zero-order chi connectivity index (χ0) is 20.3. The number of aliphatic imine (C=N–C) groups is 1. The number of hydrogen-bond donors (Lipinski definition) is 1. The van der Waals surface area contributed by atoms with E-state index in [-0.39, 0.29) is 11.4 Å². The highest BCUT2D eigenvalue weighted by molar-refractivity contribution is 5.76. The van der Waals surface area contributed by atoms with Gasteiger partial charge >= 0.3 is 0 Å². The third kappa shape index (κ3) is 2.59. The number of benzene rings is 1. The molecule has 5 heteroatoms. The molecule has 3 heterocycles. The number of allylic oxidation sites excluding steroid dienone is 2. The molecule has 0 aromatic heterocycles. The molecular formula is C24H32N2O3. The van der Waals surface area contributed by atoms with Crippen LogP contribution < -0.4 is 10.5 Å². The summed E-state index contributed by atoms with van der Waals surface area (Å²) in [5.41, 5.74) is 8.58. The Morgan fingerprint density at radius 3 is 2.72 bits per heavy atom. The predicted molar refractivity (Wildman–Crippen MR) is 114 cm³/mol. The lowest BCUT2D eigenvalue weighted by molar-refractivity contribution is -0.112. The summed E-state index contributed by atoms with van der Waals surface area (Å²) in [6, 6.07) is 6.88. The van der Waals surface area contributed by atoms with Gasteiger partial charge in [-0.25, -0.2) is 4.99 Å². The molecule has 1 aromatic rings. The first-order chi connectivity index (χ1) is 13.9. The van der Waals surface area contributed by atoms with E-state index in [1.54, 1.807) is 0 Å². The second-order valence-electron chi connectivity index (χ2n) is 9.59. The molecule has 0 radical (unpaired) electrons. The van der Waals surface area contributed by atoms with Gasteiger partial charge in [-0.05, 0) is 68.7 Å². The summed E-state index contributed by atoms with van der Waals surface area (Å²) in [6.07, 6.45) is 8.13. The van der Waals surface area contributed by atoms with E-state index in [1.807, 2.05) is 0 Å². The minimum absolute atomic E-state index is 0.271. The van der Waals surface area contributed by atoms with Crippen molar-refractivity contribution < 1.29 is 14.2 Å². The molecule has 2 spiro atoms. The highest BCUT2D eigenvalue weighted by Crippen LogP contribution is 2.62. The molecule has 3 atom stereocenters. The first-order valence-electron chi connectivity index (χ1n) is 11.0. The smallest absolute Gasteiger partial charge is 0.283 e. The van der Waals surface area contributed by atoms with Crippen LogP contribution in [0.1, 0.15) is 64.0 Å². The molecule has 5 nitrogen and oxygen atoms in total. The van der Waals surface area contributed by atoms with Gasteiger partial charge in [0.2, 0.25) is 0 Å². The van der Waals surface area contributed by atoms with Crippen LogP contribution in [-0.4, -0.2) is 31.4 Å². The Bertz CT molecular complexity index is 882. The number of amidine groups is 1. The Labute approximate surface area is 173 Å². The van der Waals surface area contributed by atoms with Gasteiger partial charge in [0.15, 0.2) is 0 Å². The van der Waals surface area contributed by atoms with E-state index < -0.39 is 11.1 Å². The number of nitrogens with zero attached hydrogens (tertiary/aromatic N) is 1. The van der Waals surface area contributed by atoms with Crippen LogP contribution in [0.5, 0.6) is 5.75 Å². The van der Waals surface area contributed by atoms with Gasteiger partial charge in [-0.2, -0.15) is 0 Å². The fourth-order valence-electron chi connectivity index (χ4n) is 5.97. The van der Waals surface area contributed by atoms with Crippen molar-refractivity contribution in [3.05, 3.63) is 35.4 Å². The average molecular weight is 397 g/mol. The molecule has 156 valence electrons. The van der Waals surface area contributed by atoms with Crippen molar-refractivity contribution in [1.82, 2.24) is 0 Å². The molecule has 3 unspecified atom stereocenters. The lowest BCUT2D eigenvalue weighted by atomic mass is 9.56. The summed E-state index contributed by atoms with van der Waals surface area (Å²) < 4.78 is 18.3. The first-order valence-corrected chi connectivity index (χ1v) is 11.0. The molecule has 1 saturated heterocycles. The van der Waals surface area contributed by atoms with Gasteiger partial charge in [0.25, 0.3) is 6.02 Å². The zero-order valence-electron chi connectivity index (χ0n) is 17.8. The van der Waals surface area contributed by atoms with Gasteiger partial charge in [0.05, 0.1) is 12.0 Å². The SMILES string of the molecule is CCC1CC=C(c2ccc3c(c2)C2(COC(N)=N2)C2(CCOC2)C(C)(C)O3)CC1. The molecule has 0 saturated carbocycles. The van der Waals surface area contributed by atoms with Crippen molar-refractivity contribution in [2.24, 2.45) is 22.1 Å². The van der Waals surface area contributed by atoms with Crippen molar-refractivity contribution in [2.45, 2.75) is 64.0 Å². The molecule has 1 fully saturated rings. The second kappa shape index (κ2) is 6.49. The maximum atomic E-state index is 6.59. The van der Waals surface area contributed by atoms with Crippen LogP contribution in [-0.2, 0) is 15.0 Å². The number of fused-ring (bicyclic) bond motifs is 3. The van der Waals surface area contributed by atoms with E-state index in [4.69, 9.17) is 24.9 Å². The van der Waals surface area contributed by atoms with Crippen LogP contribution in [0.25, 0.3) is 5.57 Å². The molecule has 5 rings (SSSR count). The molecule has 3 aliphatic heterocycles. The first kappa shape index (κ1) is 19.0. The van der Waals surface area contributed by atoms with Crippen molar-refractivity contribution >= 4 is 11.6 Å².